The Bertz CT molecular complexity index is 465. The van der Waals surface area contributed by atoms with E-state index in [4.69, 9.17) is 4.74 Å². The van der Waals surface area contributed by atoms with Crippen LogP contribution in [0.25, 0.3) is 10.6 Å². The van der Waals surface area contributed by atoms with Crippen LogP contribution < -0.4 is 14.5 Å². The first-order chi connectivity index (χ1) is 7.20. The first-order valence-electron chi connectivity index (χ1n) is 4.39. The Hall–Kier alpha value is -1.62. The van der Waals surface area contributed by atoms with Gasteiger partial charge in [0.2, 0.25) is 0 Å². The predicted octanol–water partition coefficient (Wildman–Crippen LogP) is 0.717. The number of methoxy groups -OCH3 is 1. The van der Waals surface area contributed by atoms with E-state index in [9.17, 15) is 5.11 Å². The zero-order valence-electron chi connectivity index (χ0n) is 8.43. The molecule has 0 atom stereocenters. The van der Waals surface area contributed by atoms with Gasteiger partial charge in [0.25, 0.3) is 5.01 Å². The van der Waals surface area contributed by atoms with Gasteiger partial charge in [0.1, 0.15) is 10.9 Å². The minimum atomic E-state index is -0.177. The SMILES string of the molecule is COc1ccc(-c2sc([O-])n[n+]2C)cc1. The van der Waals surface area contributed by atoms with Crippen LogP contribution in [0.1, 0.15) is 0 Å². The molecule has 0 aliphatic carbocycles. The molecule has 1 heterocycles. The molecule has 2 aromatic rings. The summed E-state index contributed by atoms with van der Waals surface area (Å²) >= 11 is 1.14. The van der Waals surface area contributed by atoms with E-state index >= 15 is 0 Å². The third-order valence-corrected chi connectivity index (χ3v) is 3.00. The van der Waals surface area contributed by atoms with E-state index in [2.05, 4.69) is 5.10 Å². The van der Waals surface area contributed by atoms with Crippen molar-refractivity contribution in [3.05, 3.63) is 24.3 Å². The van der Waals surface area contributed by atoms with Crippen LogP contribution in [0.2, 0.25) is 0 Å². The molecule has 0 bridgehead atoms. The van der Waals surface area contributed by atoms with Crippen LogP contribution in [0.15, 0.2) is 24.3 Å². The second-order valence-corrected chi connectivity index (χ2v) is 3.97. The molecule has 5 heteroatoms. The maximum atomic E-state index is 11.1. The Morgan fingerprint density at radius 1 is 1.33 bits per heavy atom. The van der Waals surface area contributed by atoms with E-state index in [1.54, 1.807) is 18.8 Å². The molecule has 1 aromatic heterocycles. The number of nitrogens with zero attached hydrogens (tertiary/aromatic N) is 2. The highest BCUT2D eigenvalue weighted by molar-refractivity contribution is 7.15. The highest BCUT2D eigenvalue weighted by atomic mass is 32.1. The number of aromatic nitrogens is 2. The fraction of sp³-hybridized carbons (Fsp3) is 0.200. The first kappa shape index (κ1) is 9.92. The summed E-state index contributed by atoms with van der Waals surface area (Å²) < 4.78 is 6.65. The summed E-state index contributed by atoms with van der Waals surface area (Å²) in [5, 5.41) is 15.5. The number of hydrogen-bond donors (Lipinski definition) is 0. The smallest absolute Gasteiger partial charge is 0.295 e. The van der Waals surface area contributed by atoms with Crippen molar-refractivity contribution in [2.75, 3.05) is 7.11 Å². The van der Waals surface area contributed by atoms with Crippen molar-refractivity contribution >= 4 is 11.3 Å². The number of hydrogen-bond acceptors (Lipinski definition) is 4. The Kier molecular flexibility index (Phi) is 2.55. The fourth-order valence-corrected chi connectivity index (χ4v) is 2.07. The van der Waals surface area contributed by atoms with Crippen LogP contribution in [0.4, 0.5) is 0 Å². The molecule has 0 aliphatic rings. The van der Waals surface area contributed by atoms with Crippen molar-refractivity contribution < 1.29 is 14.5 Å². The van der Waals surface area contributed by atoms with Gasteiger partial charge in [-0.05, 0) is 29.4 Å². The molecule has 0 radical (unpaired) electrons. The monoisotopic (exact) mass is 222 g/mol. The zero-order valence-corrected chi connectivity index (χ0v) is 9.25. The number of ether oxygens (including phenoxy) is 1. The maximum absolute atomic E-state index is 11.1. The molecule has 0 spiro atoms. The Morgan fingerprint density at radius 2 is 2.00 bits per heavy atom. The highest BCUT2D eigenvalue weighted by Gasteiger charge is 2.13. The van der Waals surface area contributed by atoms with E-state index in [1.807, 2.05) is 24.3 Å². The molecule has 0 saturated heterocycles. The number of benzene rings is 1. The summed E-state index contributed by atoms with van der Waals surface area (Å²) in [5.74, 6) is 0.799. The van der Waals surface area contributed by atoms with Crippen molar-refractivity contribution in [2.45, 2.75) is 0 Å². The zero-order chi connectivity index (χ0) is 10.8. The van der Waals surface area contributed by atoms with Gasteiger partial charge in [-0.15, -0.1) is 0 Å². The lowest BCUT2D eigenvalue weighted by atomic mass is 10.2. The molecular formula is C10H10N2O2S. The molecule has 2 rings (SSSR count). The van der Waals surface area contributed by atoms with Crippen molar-refractivity contribution in [1.29, 1.82) is 0 Å². The average molecular weight is 222 g/mol. The summed E-state index contributed by atoms with van der Waals surface area (Å²) in [4.78, 5) is 0. The third kappa shape index (κ3) is 1.92. The standard InChI is InChI=1S/C10H10N2O2S/c1-12-9(15-10(13)11-12)7-3-5-8(14-2)6-4-7/h3-6H,1-2H3. The fourth-order valence-electron chi connectivity index (χ4n) is 1.32. The number of aryl methyl sites for hydroxylation is 1. The van der Waals surface area contributed by atoms with Gasteiger partial charge in [-0.1, -0.05) is 16.0 Å². The Morgan fingerprint density at radius 3 is 2.47 bits per heavy atom. The van der Waals surface area contributed by atoms with Crippen LogP contribution >= 0.6 is 11.3 Å². The van der Waals surface area contributed by atoms with Gasteiger partial charge < -0.3 is 9.84 Å². The van der Waals surface area contributed by atoms with Crippen molar-refractivity contribution in [1.82, 2.24) is 5.10 Å². The minimum Gasteiger partial charge on any atom is -0.847 e. The molecule has 15 heavy (non-hydrogen) atoms. The summed E-state index contributed by atoms with van der Waals surface area (Å²) in [6.45, 7) is 0. The van der Waals surface area contributed by atoms with Gasteiger partial charge in [0.05, 0.1) is 12.7 Å². The van der Waals surface area contributed by atoms with Crippen LogP contribution in [0, 0.1) is 0 Å². The molecule has 4 nitrogen and oxygen atoms in total. The maximum Gasteiger partial charge on any atom is 0.295 e. The molecule has 1 aromatic carbocycles. The molecule has 0 N–H and O–H groups in total. The molecule has 0 fully saturated rings. The largest absolute Gasteiger partial charge is 0.847 e. The van der Waals surface area contributed by atoms with E-state index in [0.717, 1.165) is 27.7 Å². The van der Waals surface area contributed by atoms with Gasteiger partial charge in [0, 0.05) is 0 Å². The van der Waals surface area contributed by atoms with E-state index in [0.29, 0.717) is 0 Å². The molecule has 0 saturated carbocycles. The normalized spacial score (nSPS) is 10.3. The Balaban J connectivity index is 2.41. The first-order valence-corrected chi connectivity index (χ1v) is 5.21. The molecule has 78 valence electrons. The quantitative estimate of drug-likeness (QED) is 0.703. The summed E-state index contributed by atoms with van der Waals surface area (Å²) in [6, 6.07) is 7.54. The van der Waals surface area contributed by atoms with Gasteiger partial charge in [-0.2, -0.15) is 0 Å². The Labute approximate surface area is 91.4 Å². The highest BCUT2D eigenvalue weighted by Crippen LogP contribution is 2.25. The summed E-state index contributed by atoms with van der Waals surface area (Å²) in [7, 11) is 3.38. The summed E-state index contributed by atoms with van der Waals surface area (Å²) in [5.41, 5.74) is 0.970. The van der Waals surface area contributed by atoms with Crippen molar-refractivity contribution in [3.63, 3.8) is 0 Å². The summed E-state index contributed by atoms with van der Waals surface area (Å²) in [6.07, 6.45) is 0. The van der Waals surface area contributed by atoms with Gasteiger partial charge in [-0.3, -0.25) is 0 Å². The van der Waals surface area contributed by atoms with Crippen LogP contribution in [0.3, 0.4) is 0 Å². The third-order valence-electron chi connectivity index (χ3n) is 2.05. The van der Waals surface area contributed by atoms with Crippen LogP contribution in [0.5, 0.6) is 10.9 Å². The van der Waals surface area contributed by atoms with Crippen LogP contribution in [-0.2, 0) is 7.05 Å². The average Bonchev–Trinajstić information content (AvgIpc) is 2.58. The second-order valence-electron chi connectivity index (χ2n) is 3.03. The molecule has 0 aliphatic heterocycles. The lowest BCUT2D eigenvalue weighted by Gasteiger charge is -1.98. The van der Waals surface area contributed by atoms with Crippen molar-refractivity contribution in [3.8, 4) is 21.5 Å². The molecule has 0 unspecified atom stereocenters. The van der Waals surface area contributed by atoms with E-state index in [1.165, 1.54) is 0 Å². The second kappa shape index (κ2) is 3.86. The lowest BCUT2D eigenvalue weighted by Crippen LogP contribution is -2.31. The minimum absolute atomic E-state index is 0.177. The molecular weight excluding hydrogens is 212 g/mol. The van der Waals surface area contributed by atoms with Crippen molar-refractivity contribution in [2.24, 2.45) is 7.05 Å². The number of rotatable bonds is 2. The lowest BCUT2D eigenvalue weighted by molar-refractivity contribution is -0.718. The van der Waals surface area contributed by atoms with Crippen LogP contribution in [-0.4, -0.2) is 12.2 Å². The van der Waals surface area contributed by atoms with Gasteiger partial charge in [-0.25, -0.2) is 0 Å². The molecule has 0 amide bonds. The predicted molar refractivity (Wildman–Crippen MR) is 54.7 cm³/mol. The van der Waals surface area contributed by atoms with Gasteiger partial charge >= 0.3 is 0 Å². The van der Waals surface area contributed by atoms with E-state index in [-0.39, 0.29) is 5.19 Å². The topological polar surface area (TPSA) is 49.1 Å². The van der Waals surface area contributed by atoms with E-state index < -0.39 is 0 Å². The van der Waals surface area contributed by atoms with Gasteiger partial charge in [0.15, 0.2) is 7.05 Å².